The van der Waals surface area contributed by atoms with Crippen molar-refractivity contribution in [2.45, 2.75) is 134 Å². The van der Waals surface area contributed by atoms with E-state index in [0.29, 0.717) is 31.6 Å². The second-order valence-electron chi connectivity index (χ2n) is 14.4. The largest absolute Gasteiger partial charge is 0.508 e. The summed E-state index contributed by atoms with van der Waals surface area (Å²) in [7, 11) is 2.05. The van der Waals surface area contributed by atoms with E-state index in [1.54, 1.807) is 6.07 Å². The molecular formula is C34H51F6NO2. The molecule has 0 bridgehead atoms. The van der Waals surface area contributed by atoms with Crippen molar-refractivity contribution >= 4 is 0 Å². The maximum atomic E-state index is 16.1. The van der Waals surface area contributed by atoms with Crippen LogP contribution in [0.25, 0.3) is 0 Å². The van der Waals surface area contributed by atoms with Gasteiger partial charge in [-0.1, -0.05) is 45.1 Å². The maximum Gasteiger partial charge on any atom is 0.453 e. The fourth-order valence-electron chi connectivity index (χ4n) is 8.76. The summed E-state index contributed by atoms with van der Waals surface area (Å²) < 4.78 is 78.8. The minimum Gasteiger partial charge on any atom is -0.508 e. The van der Waals surface area contributed by atoms with Crippen LogP contribution in [0.4, 0.5) is 26.3 Å². The van der Waals surface area contributed by atoms with Gasteiger partial charge in [0.15, 0.2) is 0 Å². The molecule has 0 heterocycles. The van der Waals surface area contributed by atoms with Gasteiger partial charge in [0.25, 0.3) is 0 Å². The van der Waals surface area contributed by atoms with Crippen LogP contribution < -0.4 is 0 Å². The number of rotatable bonds is 14. The molecule has 1 aromatic carbocycles. The molecule has 3 aliphatic rings. The molecule has 0 radical (unpaired) electrons. The Morgan fingerprint density at radius 2 is 1.56 bits per heavy atom. The van der Waals surface area contributed by atoms with Gasteiger partial charge in [-0.2, -0.15) is 22.0 Å². The number of phenols is 1. The zero-order valence-corrected chi connectivity index (χ0v) is 26.0. The van der Waals surface area contributed by atoms with E-state index in [4.69, 9.17) is 0 Å². The summed E-state index contributed by atoms with van der Waals surface area (Å²) in [5.41, 5.74) is 0.813. The molecule has 0 saturated heterocycles. The van der Waals surface area contributed by atoms with E-state index in [0.717, 1.165) is 75.6 Å². The van der Waals surface area contributed by atoms with Crippen LogP contribution >= 0.6 is 0 Å². The molecule has 7 atom stereocenters. The second kappa shape index (κ2) is 13.5. The van der Waals surface area contributed by atoms with E-state index in [1.165, 1.54) is 0 Å². The number of benzene rings is 1. The van der Waals surface area contributed by atoms with Crippen LogP contribution in [0.15, 0.2) is 18.2 Å². The van der Waals surface area contributed by atoms with Gasteiger partial charge in [-0.15, -0.1) is 0 Å². The van der Waals surface area contributed by atoms with E-state index < -0.39 is 35.7 Å². The number of aliphatic hydroxyl groups is 1. The lowest BCUT2D eigenvalue weighted by molar-refractivity contribution is -0.284. The fourth-order valence-corrected chi connectivity index (χ4v) is 8.76. The highest BCUT2D eigenvalue weighted by Crippen LogP contribution is 2.66. The quantitative estimate of drug-likeness (QED) is 0.161. The zero-order chi connectivity index (χ0) is 31.6. The van der Waals surface area contributed by atoms with Crippen LogP contribution in [0.3, 0.4) is 0 Å². The van der Waals surface area contributed by atoms with Gasteiger partial charge in [0.2, 0.25) is 0 Å². The first-order chi connectivity index (χ1) is 20.1. The summed E-state index contributed by atoms with van der Waals surface area (Å²) in [5, 5.41) is 21.4. The molecule has 0 aromatic heterocycles. The molecule has 2 N–H and O–H groups in total. The predicted octanol–water partition coefficient (Wildman–Crippen LogP) is 9.20. The number of phenolic OH excluding ortho intramolecular Hbond substituents is 1. The van der Waals surface area contributed by atoms with Crippen molar-refractivity contribution in [3.05, 3.63) is 29.3 Å². The van der Waals surface area contributed by atoms with Crippen molar-refractivity contribution in [3.63, 3.8) is 0 Å². The van der Waals surface area contributed by atoms with Gasteiger partial charge >= 0.3 is 12.1 Å². The number of nitrogens with zero attached hydrogens (tertiary/aromatic N) is 1. The number of alkyl halides is 6. The third-order valence-electron chi connectivity index (χ3n) is 11.5. The molecule has 3 nitrogen and oxygen atoms in total. The van der Waals surface area contributed by atoms with Gasteiger partial charge in [-0.3, -0.25) is 0 Å². The molecule has 0 amide bonds. The molecule has 0 aliphatic heterocycles. The molecule has 2 fully saturated rings. The Balaban J connectivity index is 1.21. The number of halogens is 6. The Labute approximate surface area is 253 Å². The zero-order valence-electron chi connectivity index (χ0n) is 26.0. The van der Waals surface area contributed by atoms with E-state index in [9.17, 15) is 32.2 Å². The molecule has 9 heteroatoms. The van der Waals surface area contributed by atoms with Crippen molar-refractivity contribution < 1.29 is 36.6 Å². The third kappa shape index (κ3) is 7.50. The Kier molecular flexibility index (Phi) is 10.8. The number of aromatic hydroxyl groups is 1. The SMILES string of the molecule is CN(CCCCCCCC(F)(F)C(F)(F)F)CCCCCC1Cc2cc(O)ccc2C2[C@@H]1C1CC[C@@](C)(O)[C@@]1(C)C[C@@H]2F. The average Bonchev–Trinajstić information content (AvgIpc) is 3.14. The summed E-state index contributed by atoms with van der Waals surface area (Å²) in [6.07, 6.45) is 1.95. The highest BCUT2D eigenvalue weighted by Gasteiger charge is 2.63. The first-order valence-corrected chi connectivity index (χ1v) is 16.4. The van der Waals surface area contributed by atoms with Gasteiger partial charge in [0, 0.05) is 17.8 Å². The molecule has 246 valence electrons. The Morgan fingerprint density at radius 1 is 0.930 bits per heavy atom. The first kappa shape index (κ1) is 34.4. The topological polar surface area (TPSA) is 43.7 Å². The molecular weight excluding hydrogens is 568 g/mol. The smallest absolute Gasteiger partial charge is 0.453 e. The Morgan fingerprint density at radius 3 is 2.23 bits per heavy atom. The predicted molar refractivity (Wildman–Crippen MR) is 157 cm³/mol. The summed E-state index contributed by atoms with van der Waals surface area (Å²) >= 11 is 0. The minimum atomic E-state index is -5.46. The Bertz CT molecular complexity index is 1060. The van der Waals surface area contributed by atoms with E-state index in [1.807, 2.05) is 19.1 Å². The standard InChI is InChI=1S/C34H51F6NO2/c1-31-22-28(35)30-26-14-13-25(42)21-24(26)20-23(29(30)27(31)15-17-32(31,2)43)12-8-7-11-19-41(3)18-10-6-4-5-9-16-33(36,37)34(38,39)40/h13-14,21,23,27-30,42-43H,4-12,15-20,22H2,1-3H3/t23?,27?,28-,29-,30?,31-,32+/m0/s1. The van der Waals surface area contributed by atoms with E-state index >= 15 is 4.39 Å². The molecule has 43 heavy (non-hydrogen) atoms. The lowest BCUT2D eigenvalue weighted by Crippen LogP contribution is -2.54. The van der Waals surface area contributed by atoms with Gasteiger partial charge in [-0.25, -0.2) is 4.39 Å². The van der Waals surface area contributed by atoms with Crippen LogP contribution in [0.5, 0.6) is 5.75 Å². The normalized spacial score (nSPS) is 32.5. The van der Waals surface area contributed by atoms with Gasteiger partial charge in [0.05, 0.1) is 5.60 Å². The summed E-state index contributed by atoms with van der Waals surface area (Å²) in [4.78, 5) is 2.24. The minimum absolute atomic E-state index is 0.122. The highest BCUT2D eigenvalue weighted by molar-refractivity contribution is 5.41. The molecule has 4 rings (SSSR count). The summed E-state index contributed by atoms with van der Waals surface area (Å²) in [6.45, 7) is 5.78. The summed E-state index contributed by atoms with van der Waals surface area (Å²) in [5.74, 6) is -3.79. The maximum absolute atomic E-state index is 16.1. The Hall–Kier alpha value is -1.48. The van der Waals surface area contributed by atoms with Crippen LogP contribution in [0.1, 0.15) is 114 Å². The second-order valence-corrected chi connectivity index (χ2v) is 14.4. The van der Waals surface area contributed by atoms with Crippen LogP contribution in [0.2, 0.25) is 0 Å². The molecule has 0 spiro atoms. The average molecular weight is 620 g/mol. The van der Waals surface area contributed by atoms with Crippen molar-refractivity contribution in [2.75, 3.05) is 20.1 Å². The molecule has 1 aromatic rings. The van der Waals surface area contributed by atoms with E-state index in [2.05, 4.69) is 18.9 Å². The first-order valence-electron chi connectivity index (χ1n) is 16.4. The van der Waals surface area contributed by atoms with Gasteiger partial charge < -0.3 is 15.1 Å². The fraction of sp³-hybridized carbons (Fsp3) is 0.824. The van der Waals surface area contributed by atoms with E-state index in [-0.39, 0.29) is 29.9 Å². The van der Waals surface area contributed by atoms with Crippen molar-refractivity contribution in [1.82, 2.24) is 4.90 Å². The number of unbranched alkanes of at least 4 members (excludes halogenated alkanes) is 6. The number of hydrogen-bond donors (Lipinski definition) is 2. The highest BCUT2D eigenvalue weighted by atomic mass is 19.4. The monoisotopic (exact) mass is 619 g/mol. The lowest BCUT2D eigenvalue weighted by atomic mass is 9.50. The lowest BCUT2D eigenvalue weighted by Gasteiger charge is -2.56. The third-order valence-corrected chi connectivity index (χ3v) is 11.5. The van der Waals surface area contributed by atoms with Crippen molar-refractivity contribution in [2.24, 2.45) is 23.2 Å². The number of fused-ring (bicyclic) bond motifs is 5. The van der Waals surface area contributed by atoms with Crippen LogP contribution in [-0.2, 0) is 6.42 Å². The van der Waals surface area contributed by atoms with Gasteiger partial charge in [0.1, 0.15) is 11.9 Å². The van der Waals surface area contributed by atoms with Gasteiger partial charge in [-0.05, 0) is 119 Å². The number of hydrogen-bond acceptors (Lipinski definition) is 3. The molecule has 2 saturated carbocycles. The van der Waals surface area contributed by atoms with Crippen molar-refractivity contribution in [1.29, 1.82) is 0 Å². The van der Waals surface area contributed by atoms with Crippen LogP contribution in [-0.4, -0.2) is 59.1 Å². The molecule has 3 unspecified atom stereocenters. The van der Waals surface area contributed by atoms with Crippen molar-refractivity contribution in [3.8, 4) is 5.75 Å². The van der Waals surface area contributed by atoms with Crippen LogP contribution in [0, 0.1) is 23.2 Å². The molecule has 3 aliphatic carbocycles. The summed E-state index contributed by atoms with van der Waals surface area (Å²) in [6, 6.07) is 5.41.